The summed E-state index contributed by atoms with van der Waals surface area (Å²) in [6.45, 7) is 6.26. The molecule has 1 aromatic heterocycles. The summed E-state index contributed by atoms with van der Waals surface area (Å²) in [5.41, 5.74) is 1.44. The number of carbonyl (C=O) groups excluding carboxylic acids is 1. The zero-order valence-electron chi connectivity index (χ0n) is 26.4. The van der Waals surface area contributed by atoms with Crippen molar-refractivity contribution in [3.05, 3.63) is 78.2 Å². The molecule has 3 aromatic carbocycles. The van der Waals surface area contributed by atoms with Gasteiger partial charge in [-0.3, -0.25) is 4.79 Å². The van der Waals surface area contributed by atoms with Gasteiger partial charge in [0.2, 0.25) is 11.8 Å². The summed E-state index contributed by atoms with van der Waals surface area (Å²) < 4.78 is 26.2. The van der Waals surface area contributed by atoms with Gasteiger partial charge in [0, 0.05) is 78.7 Å². The van der Waals surface area contributed by atoms with Crippen molar-refractivity contribution in [2.75, 3.05) is 61.1 Å². The Bertz CT molecular complexity index is 1720. The van der Waals surface area contributed by atoms with Crippen molar-refractivity contribution in [3.8, 4) is 11.6 Å². The van der Waals surface area contributed by atoms with E-state index in [2.05, 4.69) is 27.1 Å². The van der Waals surface area contributed by atoms with Gasteiger partial charge in [-0.25, -0.2) is 14.2 Å². The molecule has 12 heteroatoms. The maximum absolute atomic E-state index is 14.6. The van der Waals surface area contributed by atoms with Crippen LogP contribution >= 0.6 is 0 Å². The molecule has 2 saturated heterocycles. The van der Waals surface area contributed by atoms with Crippen LogP contribution in [0.3, 0.4) is 0 Å². The molecule has 6 rings (SSSR count). The molecule has 3 heterocycles. The molecule has 0 spiro atoms. The lowest BCUT2D eigenvalue weighted by Crippen LogP contribution is -2.47. The Kier molecular flexibility index (Phi) is 9.96. The molecule has 2 fully saturated rings. The first kappa shape index (κ1) is 32.0. The van der Waals surface area contributed by atoms with E-state index in [1.165, 1.54) is 12.1 Å². The summed E-state index contributed by atoms with van der Waals surface area (Å²) in [4.78, 5) is 39.9. The van der Waals surface area contributed by atoms with Gasteiger partial charge in [0.1, 0.15) is 11.6 Å². The van der Waals surface area contributed by atoms with Crippen molar-refractivity contribution >= 4 is 40.1 Å². The standard InChI is InChI=1S/C35H39FN6O5/c1-2-3-14-42(35(44)45)26-11-15-41(16-12-26)34-37-13-10-32(39-34)47-31-9-8-30(28-6-4-5-7-29(28)31)38-33(43)24-21-25(36)23-27(22-24)40-17-19-46-20-18-40/h4-10,13,21-23,26H,2-3,11-12,14-20H2,1H3,(H,38,43)(H,44,45). The van der Waals surface area contributed by atoms with Crippen LogP contribution in [0.25, 0.3) is 10.8 Å². The second kappa shape index (κ2) is 14.6. The number of nitrogens with one attached hydrogen (secondary N) is 1. The third-order valence-corrected chi connectivity index (χ3v) is 8.67. The van der Waals surface area contributed by atoms with Crippen molar-refractivity contribution in [1.29, 1.82) is 0 Å². The van der Waals surface area contributed by atoms with E-state index in [0.29, 0.717) is 87.7 Å². The van der Waals surface area contributed by atoms with Crippen LogP contribution in [0.1, 0.15) is 43.0 Å². The minimum Gasteiger partial charge on any atom is -0.465 e. The Hall–Kier alpha value is -4.97. The highest BCUT2D eigenvalue weighted by Gasteiger charge is 2.28. The number of aromatic nitrogens is 2. The summed E-state index contributed by atoms with van der Waals surface area (Å²) in [5, 5.41) is 14.2. The van der Waals surface area contributed by atoms with Crippen LogP contribution in [0, 0.1) is 5.82 Å². The number of benzene rings is 3. The Morgan fingerprint density at radius 2 is 1.79 bits per heavy atom. The van der Waals surface area contributed by atoms with Crippen molar-refractivity contribution in [1.82, 2.24) is 14.9 Å². The maximum atomic E-state index is 14.6. The van der Waals surface area contributed by atoms with Gasteiger partial charge in [0.05, 0.1) is 13.2 Å². The molecule has 4 aromatic rings. The van der Waals surface area contributed by atoms with E-state index in [9.17, 15) is 19.1 Å². The molecule has 2 N–H and O–H groups in total. The number of piperidine rings is 1. The first-order valence-corrected chi connectivity index (χ1v) is 16.1. The first-order valence-electron chi connectivity index (χ1n) is 16.1. The highest BCUT2D eigenvalue weighted by atomic mass is 19.1. The Morgan fingerprint density at radius 1 is 1.02 bits per heavy atom. The van der Waals surface area contributed by atoms with Crippen LogP contribution in [-0.4, -0.2) is 84.0 Å². The molecule has 0 aliphatic carbocycles. The fourth-order valence-electron chi connectivity index (χ4n) is 6.17. The number of amides is 2. The number of nitrogens with zero attached hydrogens (tertiary/aromatic N) is 5. The van der Waals surface area contributed by atoms with Gasteiger partial charge >= 0.3 is 6.09 Å². The van der Waals surface area contributed by atoms with E-state index in [4.69, 9.17) is 9.47 Å². The second-order valence-corrected chi connectivity index (χ2v) is 11.8. The largest absolute Gasteiger partial charge is 0.465 e. The highest BCUT2D eigenvalue weighted by Crippen LogP contribution is 2.35. The maximum Gasteiger partial charge on any atom is 0.407 e. The fraction of sp³-hybridized carbons (Fsp3) is 0.371. The zero-order chi connectivity index (χ0) is 32.8. The number of halogens is 1. The van der Waals surface area contributed by atoms with E-state index in [0.717, 1.165) is 23.6 Å². The van der Waals surface area contributed by atoms with Crippen LogP contribution in [0.4, 0.5) is 26.5 Å². The lowest BCUT2D eigenvalue weighted by molar-refractivity contribution is 0.102. The summed E-state index contributed by atoms with van der Waals surface area (Å²) in [7, 11) is 0. The molecule has 0 unspecified atom stereocenters. The van der Waals surface area contributed by atoms with Crippen molar-refractivity contribution in [3.63, 3.8) is 0 Å². The van der Waals surface area contributed by atoms with E-state index in [1.807, 2.05) is 29.2 Å². The smallest absolute Gasteiger partial charge is 0.407 e. The number of morpholine rings is 1. The Morgan fingerprint density at radius 3 is 2.53 bits per heavy atom. The monoisotopic (exact) mass is 642 g/mol. The van der Waals surface area contributed by atoms with Crippen molar-refractivity contribution in [2.24, 2.45) is 0 Å². The van der Waals surface area contributed by atoms with E-state index >= 15 is 0 Å². The Labute approximate surface area is 272 Å². The third kappa shape index (κ3) is 7.54. The molecular weight excluding hydrogens is 603 g/mol. The molecule has 47 heavy (non-hydrogen) atoms. The molecule has 2 aliphatic rings. The second-order valence-electron chi connectivity index (χ2n) is 11.8. The van der Waals surface area contributed by atoms with Gasteiger partial charge < -0.3 is 34.6 Å². The molecule has 0 saturated carbocycles. The van der Waals surface area contributed by atoms with Crippen LogP contribution in [0.2, 0.25) is 0 Å². The number of rotatable bonds is 10. The lowest BCUT2D eigenvalue weighted by Gasteiger charge is -2.37. The van der Waals surface area contributed by atoms with Crippen LogP contribution in [-0.2, 0) is 4.74 Å². The first-order chi connectivity index (χ1) is 22.9. The quantitative estimate of drug-likeness (QED) is 0.203. The van der Waals surface area contributed by atoms with Gasteiger partial charge in [-0.05, 0) is 49.6 Å². The van der Waals surface area contributed by atoms with Gasteiger partial charge in [-0.15, -0.1) is 0 Å². The minimum atomic E-state index is -0.867. The Balaban J connectivity index is 1.16. The predicted molar refractivity (Wildman–Crippen MR) is 178 cm³/mol. The number of fused-ring (bicyclic) bond motifs is 1. The third-order valence-electron chi connectivity index (χ3n) is 8.67. The SMILES string of the molecule is CCCCN(C(=O)O)C1CCN(c2nccc(Oc3ccc(NC(=O)c4cc(F)cc(N5CCOCC5)c4)c4ccccc34)n2)CC1. The summed E-state index contributed by atoms with van der Waals surface area (Å²) in [6.07, 6.45) is 3.98. The molecule has 2 amide bonds. The molecule has 0 radical (unpaired) electrons. The van der Waals surface area contributed by atoms with E-state index in [-0.39, 0.29) is 11.6 Å². The van der Waals surface area contributed by atoms with Gasteiger partial charge in [0.15, 0.2) is 0 Å². The lowest BCUT2D eigenvalue weighted by atomic mass is 10.0. The van der Waals surface area contributed by atoms with Crippen LogP contribution in [0.15, 0.2) is 66.9 Å². The summed E-state index contributed by atoms with van der Waals surface area (Å²) in [5.74, 6) is 0.547. The van der Waals surface area contributed by atoms with E-state index < -0.39 is 17.8 Å². The molecule has 11 nitrogen and oxygen atoms in total. The average Bonchev–Trinajstić information content (AvgIpc) is 3.10. The average molecular weight is 643 g/mol. The number of carbonyl (C=O) groups is 2. The fourth-order valence-corrected chi connectivity index (χ4v) is 6.17. The van der Waals surface area contributed by atoms with E-state index in [1.54, 1.807) is 35.4 Å². The normalized spacial score (nSPS) is 15.4. The molecular formula is C35H39FN6O5. The summed E-state index contributed by atoms with van der Waals surface area (Å²) >= 11 is 0. The van der Waals surface area contributed by atoms with Crippen molar-refractivity contribution in [2.45, 2.75) is 38.6 Å². The van der Waals surface area contributed by atoms with Crippen LogP contribution < -0.4 is 19.9 Å². The molecule has 2 aliphatic heterocycles. The van der Waals surface area contributed by atoms with Gasteiger partial charge in [-0.2, -0.15) is 4.98 Å². The number of carboxylic acid groups (broad SMARTS) is 1. The number of ether oxygens (including phenoxy) is 2. The number of hydrogen-bond acceptors (Lipinski definition) is 8. The number of hydrogen-bond donors (Lipinski definition) is 2. The minimum absolute atomic E-state index is 0.0205. The molecule has 0 bridgehead atoms. The highest BCUT2D eigenvalue weighted by molar-refractivity contribution is 6.10. The molecule has 0 atom stereocenters. The van der Waals surface area contributed by atoms with Gasteiger partial charge in [-0.1, -0.05) is 37.6 Å². The van der Waals surface area contributed by atoms with Crippen molar-refractivity contribution < 1.29 is 28.6 Å². The van der Waals surface area contributed by atoms with Crippen LogP contribution in [0.5, 0.6) is 11.6 Å². The summed E-state index contributed by atoms with van der Waals surface area (Å²) in [6, 6.07) is 17.1. The predicted octanol–water partition coefficient (Wildman–Crippen LogP) is 6.40. The number of unbranched alkanes of at least 4 members (excludes halogenated alkanes) is 1. The molecule has 246 valence electrons. The topological polar surface area (TPSA) is 120 Å². The number of anilines is 3. The van der Waals surface area contributed by atoms with Gasteiger partial charge in [0.25, 0.3) is 5.91 Å². The zero-order valence-corrected chi connectivity index (χ0v) is 26.4.